The molecule has 0 spiro atoms. The number of rotatable bonds is 6. The summed E-state index contributed by atoms with van der Waals surface area (Å²) in [6.45, 7) is 2.96. The monoisotopic (exact) mass is 322 g/mol. The lowest BCUT2D eigenvalue weighted by atomic mass is 10.0. The Morgan fingerprint density at radius 1 is 1.30 bits per heavy atom. The smallest absolute Gasteiger partial charge is 0.260 e. The number of ether oxygens (including phenoxy) is 1. The van der Waals surface area contributed by atoms with Gasteiger partial charge in [-0.05, 0) is 31.4 Å². The SMILES string of the molecule is CCCC(=O)NC1CCN(C(=O)COc2ccccc2F)CC1. The molecule has 1 heterocycles. The van der Waals surface area contributed by atoms with Gasteiger partial charge in [-0.1, -0.05) is 19.1 Å². The number of para-hydroxylation sites is 1. The Hall–Kier alpha value is -2.11. The van der Waals surface area contributed by atoms with E-state index in [1.165, 1.54) is 12.1 Å². The number of amides is 2. The molecule has 6 heteroatoms. The second-order valence-electron chi connectivity index (χ2n) is 5.69. The van der Waals surface area contributed by atoms with Gasteiger partial charge in [0, 0.05) is 25.6 Å². The highest BCUT2D eigenvalue weighted by Gasteiger charge is 2.24. The first-order chi connectivity index (χ1) is 11.1. The molecule has 0 aromatic heterocycles. The zero-order valence-corrected chi connectivity index (χ0v) is 13.4. The van der Waals surface area contributed by atoms with Crippen LogP contribution in [0.5, 0.6) is 5.75 Å². The zero-order valence-electron chi connectivity index (χ0n) is 13.4. The molecule has 0 saturated carbocycles. The zero-order chi connectivity index (χ0) is 16.7. The lowest BCUT2D eigenvalue weighted by molar-refractivity contribution is -0.134. The van der Waals surface area contributed by atoms with Crippen LogP contribution in [-0.2, 0) is 9.59 Å². The first-order valence-electron chi connectivity index (χ1n) is 8.04. The number of piperidine rings is 1. The van der Waals surface area contributed by atoms with E-state index in [-0.39, 0.29) is 30.2 Å². The third kappa shape index (κ3) is 5.23. The van der Waals surface area contributed by atoms with Crippen molar-refractivity contribution in [2.45, 2.75) is 38.6 Å². The summed E-state index contributed by atoms with van der Waals surface area (Å²) >= 11 is 0. The van der Waals surface area contributed by atoms with Crippen LogP contribution in [-0.4, -0.2) is 42.5 Å². The Kier molecular flexibility index (Phi) is 6.38. The van der Waals surface area contributed by atoms with E-state index in [0.29, 0.717) is 19.5 Å². The van der Waals surface area contributed by atoms with Gasteiger partial charge in [-0.25, -0.2) is 4.39 Å². The first-order valence-corrected chi connectivity index (χ1v) is 8.04. The van der Waals surface area contributed by atoms with Crippen LogP contribution in [0.4, 0.5) is 4.39 Å². The lowest BCUT2D eigenvalue weighted by Crippen LogP contribution is -2.47. The summed E-state index contributed by atoms with van der Waals surface area (Å²) in [7, 11) is 0. The molecular weight excluding hydrogens is 299 g/mol. The fourth-order valence-corrected chi connectivity index (χ4v) is 2.59. The fourth-order valence-electron chi connectivity index (χ4n) is 2.59. The van der Waals surface area contributed by atoms with Crippen molar-refractivity contribution in [1.82, 2.24) is 10.2 Å². The standard InChI is InChI=1S/C17H23FN2O3/c1-2-5-16(21)19-13-8-10-20(11-9-13)17(22)12-23-15-7-4-3-6-14(15)18/h3-4,6-7,13H,2,5,8-12H2,1H3,(H,19,21). The largest absolute Gasteiger partial charge is 0.481 e. The average Bonchev–Trinajstić information content (AvgIpc) is 2.55. The number of halogens is 1. The second-order valence-corrected chi connectivity index (χ2v) is 5.69. The molecular formula is C17H23FN2O3. The number of carbonyl (C=O) groups is 2. The van der Waals surface area contributed by atoms with Gasteiger partial charge in [0.1, 0.15) is 0 Å². The van der Waals surface area contributed by atoms with E-state index in [2.05, 4.69) is 5.32 Å². The van der Waals surface area contributed by atoms with Gasteiger partial charge in [0.15, 0.2) is 18.2 Å². The van der Waals surface area contributed by atoms with E-state index in [1.54, 1.807) is 17.0 Å². The number of likely N-dealkylation sites (tertiary alicyclic amines) is 1. The molecule has 0 atom stereocenters. The molecule has 2 amide bonds. The highest BCUT2D eigenvalue weighted by Crippen LogP contribution is 2.16. The van der Waals surface area contributed by atoms with Gasteiger partial charge in [-0.3, -0.25) is 9.59 Å². The van der Waals surface area contributed by atoms with E-state index in [0.717, 1.165) is 19.3 Å². The highest BCUT2D eigenvalue weighted by atomic mass is 19.1. The number of hydrogen-bond donors (Lipinski definition) is 1. The molecule has 2 rings (SSSR count). The molecule has 0 bridgehead atoms. The summed E-state index contributed by atoms with van der Waals surface area (Å²) in [5, 5.41) is 2.99. The first kappa shape index (κ1) is 17.2. The normalized spacial score (nSPS) is 15.3. The van der Waals surface area contributed by atoms with E-state index < -0.39 is 5.82 Å². The minimum absolute atomic E-state index is 0.0696. The Morgan fingerprint density at radius 3 is 2.65 bits per heavy atom. The second kappa shape index (κ2) is 8.50. The minimum atomic E-state index is -0.474. The Morgan fingerprint density at radius 2 is 2.00 bits per heavy atom. The van der Waals surface area contributed by atoms with E-state index in [1.807, 2.05) is 6.92 Å². The van der Waals surface area contributed by atoms with Crippen molar-refractivity contribution in [3.8, 4) is 5.75 Å². The molecule has 126 valence electrons. The van der Waals surface area contributed by atoms with Crippen molar-refractivity contribution in [3.05, 3.63) is 30.1 Å². The molecule has 0 aliphatic carbocycles. The highest BCUT2D eigenvalue weighted by molar-refractivity contribution is 5.78. The van der Waals surface area contributed by atoms with Gasteiger partial charge in [0.2, 0.25) is 5.91 Å². The van der Waals surface area contributed by atoms with Crippen LogP contribution < -0.4 is 10.1 Å². The van der Waals surface area contributed by atoms with Crippen LogP contribution in [0.2, 0.25) is 0 Å². The van der Waals surface area contributed by atoms with Crippen LogP contribution in [0.1, 0.15) is 32.6 Å². The number of nitrogens with zero attached hydrogens (tertiary/aromatic N) is 1. The van der Waals surface area contributed by atoms with Gasteiger partial charge >= 0.3 is 0 Å². The van der Waals surface area contributed by atoms with Crippen LogP contribution in [0.3, 0.4) is 0 Å². The summed E-state index contributed by atoms with van der Waals surface area (Å²) in [6.07, 6.45) is 2.84. The third-order valence-corrected chi connectivity index (χ3v) is 3.88. The Bertz CT molecular complexity index is 542. The molecule has 1 fully saturated rings. The molecule has 23 heavy (non-hydrogen) atoms. The van der Waals surface area contributed by atoms with Gasteiger partial charge < -0.3 is 15.0 Å². The predicted octanol–water partition coefficient (Wildman–Crippen LogP) is 2.11. The average molecular weight is 322 g/mol. The molecule has 1 aromatic carbocycles. The van der Waals surface area contributed by atoms with Crippen molar-refractivity contribution in [2.75, 3.05) is 19.7 Å². The Labute approximate surface area is 135 Å². The molecule has 1 aliphatic heterocycles. The lowest BCUT2D eigenvalue weighted by Gasteiger charge is -2.32. The molecule has 5 nitrogen and oxygen atoms in total. The van der Waals surface area contributed by atoms with Gasteiger partial charge in [-0.15, -0.1) is 0 Å². The van der Waals surface area contributed by atoms with Gasteiger partial charge in [0.25, 0.3) is 5.91 Å². The summed E-state index contributed by atoms with van der Waals surface area (Å²) < 4.78 is 18.7. The molecule has 1 aliphatic rings. The summed E-state index contributed by atoms with van der Waals surface area (Å²) in [5.74, 6) is -0.480. The molecule has 0 unspecified atom stereocenters. The van der Waals surface area contributed by atoms with Crippen molar-refractivity contribution >= 4 is 11.8 Å². The van der Waals surface area contributed by atoms with E-state index in [9.17, 15) is 14.0 Å². The molecule has 1 aromatic rings. The maximum Gasteiger partial charge on any atom is 0.260 e. The van der Waals surface area contributed by atoms with Crippen LogP contribution >= 0.6 is 0 Å². The van der Waals surface area contributed by atoms with Crippen molar-refractivity contribution in [2.24, 2.45) is 0 Å². The number of nitrogens with one attached hydrogen (secondary N) is 1. The predicted molar refractivity (Wildman–Crippen MR) is 84.5 cm³/mol. The number of carbonyl (C=O) groups excluding carboxylic acids is 2. The fraction of sp³-hybridized carbons (Fsp3) is 0.529. The van der Waals surface area contributed by atoms with Crippen LogP contribution in [0.15, 0.2) is 24.3 Å². The van der Waals surface area contributed by atoms with Crippen molar-refractivity contribution in [1.29, 1.82) is 0 Å². The Balaban J connectivity index is 1.73. The number of hydrogen-bond acceptors (Lipinski definition) is 3. The van der Waals surface area contributed by atoms with E-state index in [4.69, 9.17) is 4.74 Å². The van der Waals surface area contributed by atoms with Crippen LogP contribution in [0, 0.1) is 5.82 Å². The minimum Gasteiger partial charge on any atom is -0.481 e. The molecule has 0 radical (unpaired) electrons. The van der Waals surface area contributed by atoms with Gasteiger partial charge in [-0.2, -0.15) is 0 Å². The summed E-state index contributed by atoms with van der Waals surface area (Å²) in [6, 6.07) is 6.16. The quantitative estimate of drug-likeness (QED) is 0.873. The van der Waals surface area contributed by atoms with Crippen molar-refractivity contribution in [3.63, 3.8) is 0 Å². The third-order valence-electron chi connectivity index (χ3n) is 3.88. The maximum atomic E-state index is 13.4. The van der Waals surface area contributed by atoms with Crippen molar-refractivity contribution < 1.29 is 18.7 Å². The van der Waals surface area contributed by atoms with Gasteiger partial charge in [0.05, 0.1) is 0 Å². The topological polar surface area (TPSA) is 58.6 Å². The van der Waals surface area contributed by atoms with Crippen LogP contribution in [0.25, 0.3) is 0 Å². The summed E-state index contributed by atoms with van der Waals surface area (Å²) in [4.78, 5) is 25.4. The molecule has 1 N–H and O–H groups in total. The van der Waals surface area contributed by atoms with E-state index >= 15 is 0 Å². The maximum absolute atomic E-state index is 13.4. The molecule has 1 saturated heterocycles. The number of benzene rings is 1. The summed E-state index contributed by atoms with van der Waals surface area (Å²) in [5.41, 5.74) is 0.